The van der Waals surface area contributed by atoms with E-state index in [0.29, 0.717) is 12.0 Å². The first-order valence-electron chi connectivity index (χ1n) is 4.25. The Balaban J connectivity index is 3.04. The van der Waals surface area contributed by atoms with Crippen LogP contribution in [-0.4, -0.2) is 11.6 Å². The summed E-state index contributed by atoms with van der Waals surface area (Å²) in [6.07, 6.45) is 2.57. The summed E-state index contributed by atoms with van der Waals surface area (Å²) >= 11 is 0. The first-order valence-corrected chi connectivity index (χ1v) is 4.25. The predicted molar refractivity (Wildman–Crippen MR) is 46.8 cm³/mol. The molecule has 0 unspecified atom stereocenters. The molecule has 2 heteroatoms. The Morgan fingerprint density at radius 1 is 1.50 bits per heavy atom. The summed E-state index contributed by atoms with van der Waals surface area (Å²) in [4.78, 5) is 22.8. The fraction of sp³-hybridized carbons (Fsp3) is 0.600. The second-order valence-corrected chi connectivity index (χ2v) is 3.71. The third-order valence-electron chi connectivity index (χ3n) is 2.63. The lowest BCUT2D eigenvalue weighted by atomic mass is 9.72. The van der Waals surface area contributed by atoms with Gasteiger partial charge in [0.2, 0.25) is 0 Å². The summed E-state index contributed by atoms with van der Waals surface area (Å²) in [5.74, 6) is 0.209. The van der Waals surface area contributed by atoms with Gasteiger partial charge in [0.25, 0.3) is 0 Å². The maximum absolute atomic E-state index is 11.6. The summed E-state index contributed by atoms with van der Waals surface area (Å²) in [5.41, 5.74) is 0.172. The minimum absolute atomic E-state index is 0.0800. The van der Waals surface area contributed by atoms with Crippen LogP contribution in [-0.2, 0) is 9.59 Å². The van der Waals surface area contributed by atoms with E-state index in [1.54, 1.807) is 6.92 Å². The molecular formula is C10H14O2. The van der Waals surface area contributed by atoms with Crippen LogP contribution in [0.3, 0.4) is 0 Å². The Morgan fingerprint density at radius 2 is 2.08 bits per heavy atom. The van der Waals surface area contributed by atoms with Gasteiger partial charge in [-0.25, -0.2) is 0 Å². The molecule has 0 saturated heterocycles. The van der Waals surface area contributed by atoms with Crippen molar-refractivity contribution in [1.82, 2.24) is 0 Å². The molecule has 0 radical (unpaired) electrons. The van der Waals surface area contributed by atoms with E-state index >= 15 is 0 Å². The fourth-order valence-corrected chi connectivity index (χ4v) is 1.58. The lowest BCUT2D eigenvalue weighted by Gasteiger charge is -2.28. The van der Waals surface area contributed by atoms with Crippen LogP contribution in [0.15, 0.2) is 11.6 Å². The fourth-order valence-electron chi connectivity index (χ4n) is 1.58. The van der Waals surface area contributed by atoms with Crippen LogP contribution < -0.4 is 0 Å². The van der Waals surface area contributed by atoms with E-state index in [2.05, 4.69) is 0 Å². The maximum atomic E-state index is 11.6. The molecule has 1 aliphatic carbocycles. The van der Waals surface area contributed by atoms with Gasteiger partial charge in [-0.1, -0.05) is 13.8 Å². The quantitative estimate of drug-likeness (QED) is 0.596. The van der Waals surface area contributed by atoms with Crippen molar-refractivity contribution in [3.63, 3.8) is 0 Å². The van der Waals surface area contributed by atoms with Gasteiger partial charge in [0.05, 0.1) is 0 Å². The number of hydrogen-bond acceptors (Lipinski definition) is 2. The van der Waals surface area contributed by atoms with Crippen molar-refractivity contribution in [3.05, 3.63) is 11.6 Å². The van der Waals surface area contributed by atoms with E-state index in [-0.39, 0.29) is 11.6 Å². The lowest BCUT2D eigenvalue weighted by Crippen LogP contribution is -2.33. The van der Waals surface area contributed by atoms with Gasteiger partial charge in [-0.15, -0.1) is 0 Å². The Morgan fingerprint density at radius 3 is 2.58 bits per heavy atom. The minimum atomic E-state index is -0.435. The van der Waals surface area contributed by atoms with Crippen LogP contribution in [0.2, 0.25) is 0 Å². The van der Waals surface area contributed by atoms with E-state index < -0.39 is 5.41 Å². The Hall–Kier alpha value is -0.920. The first-order chi connectivity index (χ1) is 5.49. The van der Waals surface area contributed by atoms with Crippen LogP contribution in [0.5, 0.6) is 0 Å². The SMILES string of the molecule is CC[C@@]1(C)CC(=O)C=C(C)C1=O. The largest absolute Gasteiger partial charge is 0.295 e. The van der Waals surface area contributed by atoms with E-state index in [0.717, 1.165) is 6.42 Å². The third-order valence-corrected chi connectivity index (χ3v) is 2.63. The van der Waals surface area contributed by atoms with Crippen LogP contribution in [0.1, 0.15) is 33.6 Å². The molecular weight excluding hydrogens is 152 g/mol. The normalized spacial score (nSPS) is 30.4. The first kappa shape index (κ1) is 9.17. The summed E-state index contributed by atoms with van der Waals surface area (Å²) in [6.45, 7) is 5.53. The van der Waals surface area contributed by atoms with Crippen LogP contribution in [0, 0.1) is 5.41 Å². The molecule has 0 aromatic rings. The smallest absolute Gasteiger partial charge is 0.165 e. The maximum Gasteiger partial charge on any atom is 0.165 e. The predicted octanol–water partition coefficient (Wildman–Crippen LogP) is 1.89. The highest BCUT2D eigenvalue weighted by atomic mass is 16.1. The Kier molecular flexibility index (Phi) is 2.18. The summed E-state index contributed by atoms with van der Waals surface area (Å²) in [6, 6.07) is 0. The molecule has 0 N–H and O–H groups in total. The molecule has 66 valence electrons. The molecule has 1 rings (SSSR count). The molecule has 0 amide bonds. The molecule has 2 nitrogen and oxygen atoms in total. The van der Waals surface area contributed by atoms with Gasteiger partial charge >= 0.3 is 0 Å². The van der Waals surface area contributed by atoms with Crippen LogP contribution >= 0.6 is 0 Å². The highest BCUT2D eigenvalue weighted by Gasteiger charge is 2.36. The lowest BCUT2D eigenvalue weighted by molar-refractivity contribution is -0.130. The number of carbonyl (C=O) groups is 2. The highest BCUT2D eigenvalue weighted by Crippen LogP contribution is 2.33. The zero-order valence-electron chi connectivity index (χ0n) is 7.81. The molecule has 12 heavy (non-hydrogen) atoms. The van der Waals surface area contributed by atoms with Crippen molar-refractivity contribution in [2.75, 3.05) is 0 Å². The van der Waals surface area contributed by atoms with Gasteiger partial charge in [0, 0.05) is 11.8 Å². The number of hydrogen-bond donors (Lipinski definition) is 0. The Labute approximate surface area is 72.7 Å². The highest BCUT2D eigenvalue weighted by molar-refractivity contribution is 6.10. The van der Waals surface area contributed by atoms with E-state index in [1.807, 2.05) is 13.8 Å². The molecule has 0 saturated carbocycles. The molecule has 0 heterocycles. The van der Waals surface area contributed by atoms with Gasteiger partial charge in [-0.3, -0.25) is 9.59 Å². The molecule has 0 aromatic carbocycles. The molecule has 0 aromatic heterocycles. The summed E-state index contributed by atoms with van der Waals surface area (Å²) in [7, 11) is 0. The average molecular weight is 166 g/mol. The van der Waals surface area contributed by atoms with E-state index in [4.69, 9.17) is 0 Å². The van der Waals surface area contributed by atoms with Gasteiger partial charge in [-0.2, -0.15) is 0 Å². The summed E-state index contributed by atoms with van der Waals surface area (Å²) in [5, 5.41) is 0. The summed E-state index contributed by atoms with van der Waals surface area (Å²) < 4.78 is 0. The molecule has 0 fully saturated rings. The van der Waals surface area contributed by atoms with Gasteiger partial charge in [0.1, 0.15) is 0 Å². The van der Waals surface area contributed by atoms with Crippen LogP contribution in [0.4, 0.5) is 0 Å². The van der Waals surface area contributed by atoms with Crippen molar-refractivity contribution < 1.29 is 9.59 Å². The number of ketones is 2. The monoisotopic (exact) mass is 166 g/mol. The number of carbonyl (C=O) groups excluding carboxylic acids is 2. The van der Waals surface area contributed by atoms with Crippen LogP contribution in [0.25, 0.3) is 0 Å². The molecule has 1 aliphatic rings. The zero-order chi connectivity index (χ0) is 9.35. The van der Waals surface area contributed by atoms with Gasteiger partial charge in [-0.05, 0) is 25.0 Å². The molecule has 0 aliphatic heterocycles. The minimum Gasteiger partial charge on any atom is -0.295 e. The van der Waals surface area contributed by atoms with Gasteiger partial charge in [0.15, 0.2) is 11.6 Å². The molecule has 1 atom stereocenters. The number of allylic oxidation sites excluding steroid dienone is 2. The second kappa shape index (κ2) is 2.85. The average Bonchev–Trinajstić information content (AvgIpc) is 2.00. The third kappa shape index (κ3) is 1.33. The molecule has 0 spiro atoms. The number of rotatable bonds is 1. The molecule has 0 bridgehead atoms. The standard InChI is InChI=1S/C10H14O2/c1-4-10(3)6-8(11)5-7(2)9(10)12/h5H,4,6H2,1-3H3/t10-/m0/s1. The Bertz CT molecular complexity index is 263. The second-order valence-electron chi connectivity index (χ2n) is 3.71. The van der Waals surface area contributed by atoms with Crippen molar-refractivity contribution in [1.29, 1.82) is 0 Å². The van der Waals surface area contributed by atoms with Crippen molar-refractivity contribution in [2.24, 2.45) is 5.41 Å². The van der Waals surface area contributed by atoms with E-state index in [9.17, 15) is 9.59 Å². The van der Waals surface area contributed by atoms with E-state index in [1.165, 1.54) is 6.08 Å². The van der Waals surface area contributed by atoms with Crippen molar-refractivity contribution >= 4 is 11.6 Å². The van der Waals surface area contributed by atoms with Crippen molar-refractivity contribution in [3.8, 4) is 0 Å². The van der Waals surface area contributed by atoms with Crippen molar-refractivity contribution in [2.45, 2.75) is 33.6 Å². The van der Waals surface area contributed by atoms with Gasteiger partial charge < -0.3 is 0 Å². The number of Topliss-reactive ketones (excluding diaryl/α,β-unsaturated/α-hetero) is 1. The topological polar surface area (TPSA) is 34.1 Å². The zero-order valence-corrected chi connectivity index (χ0v) is 7.81.